The van der Waals surface area contributed by atoms with E-state index in [4.69, 9.17) is 10.8 Å². The maximum absolute atomic E-state index is 10.7. The molecule has 1 heterocycles. The quantitative estimate of drug-likeness (QED) is 0.446. The third-order valence-corrected chi connectivity index (χ3v) is 1.81. The van der Waals surface area contributed by atoms with Crippen LogP contribution in [-0.4, -0.2) is 47.7 Å². The first-order valence-corrected chi connectivity index (χ1v) is 3.62. The Bertz CT molecular complexity index is 184. The van der Waals surface area contributed by atoms with E-state index in [9.17, 15) is 9.59 Å². The zero-order valence-corrected chi connectivity index (χ0v) is 6.49. The summed E-state index contributed by atoms with van der Waals surface area (Å²) in [5.41, 5.74) is 4.99. The second-order valence-electron chi connectivity index (χ2n) is 2.59. The van der Waals surface area contributed by atoms with Crippen molar-refractivity contribution < 1.29 is 14.7 Å². The first-order valence-electron chi connectivity index (χ1n) is 3.62. The Morgan fingerprint density at radius 2 is 2.25 bits per heavy atom. The molecule has 2 amide bonds. The third-order valence-electron chi connectivity index (χ3n) is 1.81. The van der Waals surface area contributed by atoms with Crippen LogP contribution in [0.2, 0.25) is 0 Å². The van der Waals surface area contributed by atoms with E-state index in [0.29, 0.717) is 13.1 Å². The molecule has 0 unspecified atom stereocenters. The molecule has 1 fully saturated rings. The van der Waals surface area contributed by atoms with Gasteiger partial charge in [0.25, 0.3) is 0 Å². The zero-order chi connectivity index (χ0) is 9.14. The molecule has 0 saturated carbocycles. The van der Waals surface area contributed by atoms with E-state index in [0.717, 1.165) is 4.90 Å². The molecule has 1 rings (SSSR count). The van der Waals surface area contributed by atoms with Gasteiger partial charge in [0.1, 0.15) is 6.04 Å². The summed E-state index contributed by atoms with van der Waals surface area (Å²) in [6, 6.07) is -1.50. The summed E-state index contributed by atoms with van der Waals surface area (Å²) in [6.45, 7) is 1.21. The average Bonchev–Trinajstić information content (AvgIpc) is 2.04. The molecule has 68 valence electrons. The molecule has 1 atom stereocenters. The van der Waals surface area contributed by atoms with Crippen LogP contribution < -0.4 is 11.1 Å². The highest BCUT2D eigenvalue weighted by Gasteiger charge is 2.30. The van der Waals surface area contributed by atoms with Gasteiger partial charge < -0.3 is 21.1 Å². The van der Waals surface area contributed by atoms with Crippen LogP contribution in [0.25, 0.3) is 0 Å². The van der Waals surface area contributed by atoms with Crippen LogP contribution in [0.4, 0.5) is 4.79 Å². The van der Waals surface area contributed by atoms with Gasteiger partial charge in [0.15, 0.2) is 0 Å². The van der Waals surface area contributed by atoms with Gasteiger partial charge >= 0.3 is 12.0 Å². The summed E-state index contributed by atoms with van der Waals surface area (Å²) in [6.07, 6.45) is 0. The number of carbonyl (C=O) groups excluding carboxylic acids is 1. The normalized spacial score (nSPS) is 23.7. The lowest BCUT2D eigenvalue weighted by Crippen LogP contribution is -2.58. The van der Waals surface area contributed by atoms with Gasteiger partial charge in [-0.3, -0.25) is 0 Å². The standard InChI is InChI=1S/C6H11N3O3/c7-6(12)9-2-1-8-3-4(9)5(10)11/h4,8H,1-3H2,(H2,7,12)(H,10,11)/t4-/m1/s1. The number of amides is 2. The number of nitrogens with two attached hydrogens (primary N) is 1. The molecule has 12 heavy (non-hydrogen) atoms. The van der Waals surface area contributed by atoms with Gasteiger partial charge in [-0.1, -0.05) is 0 Å². The van der Waals surface area contributed by atoms with Crippen LogP contribution >= 0.6 is 0 Å². The van der Waals surface area contributed by atoms with Gasteiger partial charge in [0, 0.05) is 19.6 Å². The Morgan fingerprint density at radius 3 is 2.67 bits per heavy atom. The Kier molecular flexibility index (Phi) is 2.49. The fourth-order valence-electron chi connectivity index (χ4n) is 1.19. The summed E-state index contributed by atoms with van der Waals surface area (Å²) in [4.78, 5) is 22.5. The SMILES string of the molecule is NC(=O)N1CCNC[C@@H]1C(=O)O. The van der Waals surface area contributed by atoms with Crippen LogP contribution in [0.15, 0.2) is 0 Å². The number of urea groups is 1. The molecule has 6 heteroatoms. The minimum absolute atomic E-state index is 0.262. The molecule has 6 nitrogen and oxygen atoms in total. The molecule has 0 aromatic rings. The van der Waals surface area contributed by atoms with Crippen molar-refractivity contribution in [1.82, 2.24) is 10.2 Å². The first kappa shape index (κ1) is 8.79. The van der Waals surface area contributed by atoms with Crippen LogP contribution in [0.5, 0.6) is 0 Å². The third kappa shape index (κ3) is 1.65. The van der Waals surface area contributed by atoms with E-state index < -0.39 is 18.0 Å². The number of rotatable bonds is 1. The summed E-state index contributed by atoms with van der Waals surface area (Å²) in [5, 5.41) is 11.5. The lowest BCUT2D eigenvalue weighted by Gasteiger charge is -2.31. The fraction of sp³-hybridized carbons (Fsp3) is 0.667. The Labute approximate surface area is 69.3 Å². The van der Waals surface area contributed by atoms with Crippen LogP contribution in [0, 0.1) is 0 Å². The van der Waals surface area contributed by atoms with Gasteiger partial charge in [0.05, 0.1) is 0 Å². The summed E-state index contributed by atoms with van der Waals surface area (Å²) >= 11 is 0. The van der Waals surface area contributed by atoms with Crippen molar-refractivity contribution in [1.29, 1.82) is 0 Å². The van der Waals surface area contributed by atoms with Gasteiger partial charge in [-0.05, 0) is 0 Å². The molecular weight excluding hydrogens is 162 g/mol. The maximum atomic E-state index is 10.7. The largest absolute Gasteiger partial charge is 0.480 e. The number of hydrogen-bond donors (Lipinski definition) is 3. The molecule has 0 bridgehead atoms. The van der Waals surface area contributed by atoms with E-state index in [1.165, 1.54) is 0 Å². The number of aliphatic carboxylic acids is 1. The van der Waals surface area contributed by atoms with E-state index in [1.807, 2.05) is 0 Å². The van der Waals surface area contributed by atoms with Crippen molar-refractivity contribution in [2.45, 2.75) is 6.04 Å². The van der Waals surface area contributed by atoms with E-state index in [1.54, 1.807) is 0 Å². The Morgan fingerprint density at radius 1 is 1.58 bits per heavy atom. The molecule has 4 N–H and O–H groups in total. The Hall–Kier alpha value is -1.30. The number of nitrogens with zero attached hydrogens (tertiary/aromatic N) is 1. The molecule has 1 aliphatic heterocycles. The number of piperazine rings is 1. The second kappa shape index (κ2) is 3.40. The highest BCUT2D eigenvalue weighted by atomic mass is 16.4. The molecule has 1 aliphatic rings. The first-order chi connectivity index (χ1) is 5.63. The van der Waals surface area contributed by atoms with Crippen molar-refractivity contribution in [3.05, 3.63) is 0 Å². The highest BCUT2D eigenvalue weighted by Crippen LogP contribution is 2.02. The lowest BCUT2D eigenvalue weighted by molar-refractivity contribution is -0.142. The van der Waals surface area contributed by atoms with Crippen molar-refractivity contribution in [2.75, 3.05) is 19.6 Å². The maximum Gasteiger partial charge on any atom is 0.327 e. The van der Waals surface area contributed by atoms with Crippen LogP contribution in [-0.2, 0) is 4.79 Å². The molecule has 1 saturated heterocycles. The molecule has 0 radical (unpaired) electrons. The summed E-state index contributed by atoms with van der Waals surface area (Å²) < 4.78 is 0. The second-order valence-corrected chi connectivity index (χ2v) is 2.59. The van der Waals surface area contributed by atoms with Crippen molar-refractivity contribution in [3.63, 3.8) is 0 Å². The number of hydrogen-bond acceptors (Lipinski definition) is 3. The van der Waals surface area contributed by atoms with E-state index in [-0.39, 0.29) is 6.54 Å². The average molecular weight is 173 g/mol. The number of carboxylic acid groups (broad SMARTS) is 1. The highest BCUT2D eigenvalue weighted by molar-refractivity contribution is 5.82. The van der Waals surface area contributed by atoms with E-state index >= 15 is 0 Å². The van der Waals surface area contributed by atoms with Gasteiger partial charge in [-0.25, -0.2) is 9.59 Å². The Balaban J connectivity index is 2.67. The molecule has 0 spiro atoms. The fourth-order valence-corrected chi connectivity index (χ4v) is 1.19. The lowest BCUT2D eigenvalue weighted by atomic mass is 10.2. The molecule has 0 aromatic heterocycles. The predicted octanol–water partition coefficient (Wildman–Crippen LogP) is -1.58. The van der Waals surface area contributed by atoms with Crippen molar-refractivity contribution in [2.24, 2.45) is 5.73 Å². The number of nitrogens with one attached hydrogen (secondary N) is 1. The van der Waals surface area contributed by atoms with Gasteiger partial charge in [-0.2, -0.15) is 0 Å². The predicted molar refractivity (Wildman–Crippen MR) is 40.6 cm³/mol. The molecular formula is C6H11N3O3. The zero-order valence-electron chi connectivity index (χ0n) is 6.49. The van der Waals surface area contributed by atoms with Crippen molar-refractivity contribution in [3.8, 4) is 0 Å². The molecule has 0 aromatic carbocycles. The van der Waals surface area contributed by atoms with E-state index in [2.05, 4.69) is 5.32 Å². The number of primary amides is 1. The van der Waals surface area contributed by atoms with Gasteiger partial charge in [-0.15, -0.1) is 0 Å². The van der Waals surface area contributed by atoms with Crippen molar-refractivity contribution >= 4 is 12.0 Å². The summed E-state index contributed by atoms with van der Waals surface area (Å²) in [5.74, 6) is -1.03. The number of carbonyl (C=O) groups is 2. The molecule has 0 aliphatic carbocycles. The minimum atomic E-state index is -1.03. The van der Waals surface area contributed by atoms with Crippen LogP contribution in [0.3, 0.4) is 0 Å². The summed E-state index contributed by atoms with van der Waals surface area (Å²) in [7, 11) is 0. The topological polar surface area (TPSA) is 95.7 Å². The number of carboxylic acids is 1. The monoisotopic (exact) mass is 173 g/mol. The smallest absolute Gasteiger partial charge is 0.327 e. The van der Waals surface area contributed by atoms with Crippen LogP contribution in [0.1, 0.15) is 0 Å². The minimum Gasteiger partial charge on any atom is -0.480 e. The van der Waals surface area contributed by atoms with Gasteiger partial charge in [0.2, 0.25) is 0 Å².